The highest BCUT2D eigenvalue weighted by Gasteiger charge is 2.29. The second kappa shape index (κ2) is 3.97. The minimum atomic E-state index is 0.567. The van der Waals surface area contributed by atoms with E-state index in [0.29, 0.717) is 5.92 Å². The van der Waals surface area contributed by atoms with Crippen molar-refractivity contribution in [1.82, 2.24) is 10.5 Å². The Bertz CT molecular complexity index is 324. The number of piperidine rings is 1. The van der Waals surface area contributed by atoms with Crippen LogP contribution in [-0.2, 0) is 0 Å². The van der Waals surface area contributed by atoms with Crippen molar-refractivity contribution in [1.29, 1.82) is 0 Å². The second-order valence-corrected chi connectivity index (χ2v) is 4.82. The van der Waals surface area contributed by atoms with Gasteiger partial charge >= 0.3 is 0 Å². The number of aromatic nitrogens is 1. The lowest BCUT2D eigenvalue weighted by molar-refractivity contribution is 0.320. The molecule has 1 aliphatic carbocycles. The zero-order valence-electron chi connectivity index (χ0n) is 9.04. The summed E-state index contributed by atoms with van der Waals surface area (Å²) in [5.41, 5.74) is 1.40. The zero-order valence-corrected chi connectivity index (χ0v) is 9.04. The molecule has 0 amide bonds. The maximum Gasteiger partial charge on any atom is 0.144 e. The third-order valence-corrected chi connectivity index (χ3v) is 3.84. The Morgan fingerprint density at radius 1 is 1.20 bits per heavy atom. The molecule has 0 spiro atoms. The molecule has 2 aliphatic rings. The van der Waals surface area contributed by atoms with Crippen LogP contribution in [0.15, 0.2) is 10.7 Å². The fourth-order valence-electron chi connectivity index (χ4n) is 2.67. The number of hydrogen-bond donors (Lipinski definition) is 1. The first kappa shape index (κ1) is 9.40. The van der Waals surface area contributed by atoms with Gasteiger partial charge in [0.2, 0.25) is 0 Å². The topological polar surface area (TPSA) is 38.1 Å². The van der Waals surface area contributed by atoms with E-state index in [1.807, 2.05) is 6.20 Å². The number of nitrogens with zero attached hydrogens (tertiary/aromatic N) is 1. The Morgan fingerprint density at radius 3 is 2.73 bits per heavy atom. The molecule has 3 heteroatoms. The highest BCUT2D eigenvalue weighted by Crippen LogP contribution is 2.40. The molecular weight excluding hydrogens is 188 g/mol. The van der Waals surface area contributed by atoms with Crippen LogP contribution in [0.25, 0.3) is 0 Å². The van der Waals surface area contributed by atoms with Crippen LogP contribution in [0.1, 0.15) is 55.3 Å². The summed E-state index contributed by atoms with van der Waals surface area (Å²) in [6, 6.07) is 0. The maximum atomic E-state index is 5.47. The number of rotatable bonds is 2. The molecule has 82 valence electrons. The standard InChI is InChI=1S/C12H18N2O/c1-3-9(4-1)11-8-14-15-12(11)10-5-2-6-13-7-10/h8-10,13H,1-7H2. The predicted octanol–water partition coefficient (Wildman–Crippen LogP) is 2.41. The largest absolute Gasteiger partial charge is 0.361 e. The van der Waals surface area contributed by atoms with Gasteiger partial charge in [0.05, 0.1) is 6.20 Å². The van der Waals surface area contributed by atoms with Crippen molar-refractivity contribution in [3.8, 4) is 0 Å². The SMILES string of the molecule is c1noc(C2CCCNC2)c1C1CCC1. The molecule has 0 aromatic carbocycles. The minimum absolute atomic E-state index is 0.567. The van der Waals surface area contributed by atoms with Crippen LogP contribution >= 0.6 is 0 Å². The lowest BCUT2D eigenvalue weighted by Gasteiger charge is -2.27. The van der Waals surface area contributed by atoms with Gasteiger partial charge in [0, 0.05) is 18.0 Å². The Balaban J connectivity index is 1.80. The van der Waals surface area contributed by atoms with Crippen molar-refractivity contribution in [2.75, 3.05) is 13.1 Å². The van der Waals surface area contributed by atoms with Gasteiger partial charge in [-0.15, -0.1) is 0 Å². The molecule has 1 saturated carbocycles. The number of nitrogens with one attached hydrogen (secondary N) is 1. The van der Waals surface area contributed by atoms with Crippen LogP contribution in [0.4, 0.5) is 0 Å². The average Bonchev–Trinajstić information content (AvgIpc) is 2.65. The van der Waals surface area contributed by atoms with Gasteiger partial charge in [-0.2, -0.15) is 0 Å². The first-order valence-electron chi connectivity index (χ1n) is 6.10. The number of hydrogen-bond acceptors (Lipinski definition) is 3. The van der Waals surface area contributed by atoms with Gasteiger partial charge in [0.15, 0.2) is 0 Å². The van der Waals surface area contributed by atoms with Crippen molar-refractivity contribution >= 4 is 0 Å². The van der Waals surface area contributed by atoms with Gasteiger partial charge in [0.1, 0.15) is 5.76 Å². The summed E-state index contributed by atoms with van der Waals surface area (Å²) in [6.07, 6.45) is 8.49. The molecule has 2 fully saturated rings. The summed E-state index contributed by atoms with van der Waals surface area (Å²) in [4.78, 5) is 0. The second-order valence-electron chi connectivity index (χ2n) is 4.82. The molecule has 1 unspecified atom stereocenters. The van der Waals surface area contributed by atoms with E-state index in [2.05, 4.69) is 10.5 Å². The molecule has 3 rings (SSSR count). The third kappa shape index (κ3) is 1.69. The maximum absolute atomic E-state index is 5.47. The van der Waals surface area contributed by atoms with Crippen molar-refractivity contribution in [2.45, 2.75) is 43.9 Å². The third-order valence-electron chi connectivity index (χ3n) is 3.84. The molecule has 3 nitrogen and oxygen atoms in total. The van der Waals surface area contributed by atoms with Gasteiger partial charge in [0.25, 0.3) is 0 Å². The van der Waals surface area contributed by atoms with Crippen LogP contribution in [0, 0.1) is 0 Å². The van der Waals surface area contributed by atoms with Crippen molar-refractivity contribution in [3.05, 3.63) is 17.5 Å². The van der Waals surface area contributed by atoms with E-state index in [1.165, 1.54) is 43.4 Å². The van der Waals surface area contributed by atoms with Crippen LogP contribution < -0.4 is 5.32 Å². The zero-order chi connectivity index (χ0) is 10.1. The smallest absolute Gasteiger partial charge is 0.144 e. The summed E-state index contributed by atoms with van der Waals surface area (Å²) in [7, 11) is 0. The van der Waals surface area contributed by atoms with E-state index in [0.717, 1.165) is 19.0 Å². The molecule has 15 heavy (non-hydrogen) atoms. The van der Waals surface area contributed by atoms with Gasteiger partial charge < -0.3 is 9.84 Å². The highest BCUT2D eigenvalue weighted by atomic mass is 16.5. The van der Waals surface area contributed by atoms with Crippen LogP contribution in [0.3, 0.4) is 0 Å². The van der Waals surface area contributed by atoms with Gasteiger partial charge in [-0.3, -0.25) is 0 Å². The summed E-state index contributed by atoms with van der Waals surface area (Å²) < 4.78 is 5.47. The first-order valence-corrected chi connectivity index (χ1v) is 6.10. The molecule has 0 radical (unpaired) electrons. The molecule has 1 aliphatic heterocycles. The van der Waals surface area contributed by atoms with Gasteiger partial charge in [-0.25, -0.2) is 0 Å². The summed E-state index contributed by atoms with van der Waals surface area (Å²) in [6.45, 7) is 2.22. The van der Waals surface area contributed by atoms with E-state index in [4.69, 9.17) is 4.52 Å². The predicted molar refractivity (Wildman–Crippen MR) is 57.9 cm³/mol. The molecule has 1 saturated heterocycles. The summed E-state index contributed by atoms with van der Waals surface area (Å²) in [5.74, 6) is 2.48. The Hall–Kier alpha value is -0.830. The molecule has 2 heterocycles. The molecular formula is C12H18N2O. The van der Waals surface area contributed by atoms with E-state index in [-0.39, 0.29) is 0 Å². The van der Waals surface area contributed by atoms with Crippen LogP contribution in [0.5, 0.6) is 0 Å². The minimum Gasteiger partial charge on any atom is -0.361 e. The lowest BCUT2D eigenvalue weighted by Crippen LogP contribution is -2.29. The fourth-order valence-corrected chi connectivity index (χ4v) is 2.67. The Morgan fingerprint density at radius 2 is 2.07 bits per heavy atom. The summed E-state index contributed by atoms with van der Waals surface area (Å²) >= 11 is 0. The average molecular weight is 206 g/mol. The molecule has 1 aromatic rings. The highest BCUT2D eigenvalue weighted by molar-refractivity contribution is 5.24. The van der Waals surface area contributed by atoms with Crippen molar-refractivity contribution in [2.24, 2.45) is 0 Å². The van der Waals surface area contributed by atoms with Crippen molar-refractivity contribution in [3.63, 3.8) is 0 Å². The summed E-state index contributed by atoms with van der Waals surface area (Å²) in [5, 5.41) is 7.43. The van der Waals surface area contributed by atoms with E-state index < -0.39 is 0 Å². The van der Waals surface area contributed by atoms with E-state index in [1.54, 1.807) is 0 Å². The Kier molecular flexibility index (Phi) is 2.49. The molecule has 0 bridgehead atoms. The monoisotopic (exact) mass is 206 g/mol. The lowest BCUT2D eigenvalue weighted by atomic mass is 9.78. The fraction of sp³-hybridized carbons (Fsp3) is 0.750. The Labute approximate surface area is 90.2 Å². The normalized spacial score (nSPS) is 27.6. The molecule has 1 atom stereocenters. The van der Waals surface area contributed by atoms with E-state index in [9.17, 15) is 0 Å². The van der Waals surface area contributed by atoms with Crippen molar-refractivity contribution < 1.29 is 4.52 Å². The van der Waals surface area contributed by atoms with Crippen LogP contribution in [0.2, 0.25) is 0 Å². The van der Waals surface area contributed by atoms with E-state index >= 15 is 0 Å². The van der Waals surface area contributed by atoms with Gasteiger partial charge in [-0.05, 0) is 38.1 Å². The van der Waals surface area contributed by atoms with Crippen LogP contribution in [-0.4, -0.2) is 18.2 Å². The quantitative estimate of drug-likeness (QED) is 0.807. The molecule has 1 aromatic heterocycles. The first-order chi connectivity index (χ1) is 7.45. The molecule has 1 N–H and O–H groups in total. The van der Waals surface area contributed by atoms with Gasteiger partial charge in [-0.1, -0.05) is 11.6 Å².